The monoisotopic (exact) mass is 581 g/mol. The van der Waals surface area contributed by atoms with Gasteiger partial charge in [0.1, 0.15) is 23.1 Å². The molecule has 2 atom stereocenters. The summed E-state index contributed by atoms with van der Waals surface area (Å²) in [4.78, 5) is 17.0. The molecule has 210 valence electrons. The lowest BCUT2D eigenvalue weighted by atomic mass is 9.80. The van der Waals surface area contributed by atoms with Crippen LogP contribution in [-0.2, 0) is 12.0 Å². The van der Waals surface area contributed by atoms with Crippen LogP contribution in [0.2, 0.25) is 5.02 Å². The maximum Gasteiger partial charge on any atom is 0.461 e. The summed E-state index contributed by atoms with van der Waals surface area (Å²) in [6, 6.07) is 8.85. The first kappa shape index (κ1) is 29.9. The van der Waals surface area contributed by atoms with Crippen LogP contribution in [0.15, 0.2) is 66.9 Å². The summed E-state index contributed by atoms with van der Waals surface area (Å²) in [5, 5.41) is 4.21. The fourth-order valence-corrected chi connectivity index (χ4v) is 3.74. The molecule has 0 saturated carbocycles. The van der Waals surface area contributed by atoms with Crippen molar-refractivity contribution < 1.29 is 44.7 Å². The molecule has 0 radical (unpaired) electrons. The second kappa shape index (κ2) is 11.6. The molecule has 2 N–H and O–H groups in total. The Morgan fingerprint density at radius 3 is 2.26 bits per heavy atom. The van der Waals surface area contributed by atoms with E-state index in [0.29, 0.717) is 18.6 Å². The molecule has 39 heavy (non-hydrogen) atoms. The highest BCUT2D eigenvalue weighted by molar-refractivity contribution is 6.30. The van der Waals surface area contributed by atoms with Gasteiger partial charge in [-0.1, -0.05) is 41.9 Å². The number of nitrogens with zero attached hydrogens (tertiary/aromatic N) is 1. The lowest BCUT2D eigenvalue weighted by Gasteiger charge is -2.36. The summed E-state index contributed by atoms with van der Waals surface area (Å²) < 4.78 is 111. The minimum atomic E-state index is -5.00. The van der Waals surface area contributed by atoms with Crippen molar-refractivity contribution >= 4 is 17.6 Å². The smallest absolute Gasteiger partial charge is 0.428 e. The van der Waals surface area contributed by atoms with Gasteiger partial charge in [-0.25, -0.2) is 9.18 Å². The number of rotatable bonds is 9. The van der Waals surface area contributed by atoms with Gasteiger partial charge in [-0.2, -0.15) is 30.7 Å². The first-order chi connectivity index (χ1) is 18.1. The van der Waals surface area contributed by atoms with Crippen LogP contribution < -0.4 is 15.4 Å². The van der Waals surface area contributed by atoms with Gasteiger partial charge in [-0.05, 0) is 42.3 Å². The molecule has 1 heterocycles. The van der Waals surface area contributed by atoms with Gasteiger partial charge >= 0.3 is 24.7 Å². The van der Waals surface area contributed by atoms with Gasteiger partial charge in [0.2, 0.25) is 0 Å². The number of nitrogens with one attached hydrogen (secondary N) is 2. The minimum Gasteiger partial charge on any atom is -0.428 e. The average Bonchev–Trinajstić information content (AvgIpc) is 2.83. The first-order valence-electron chi connectivity index (χ1n) is 11.1. The topological polar surface area (TPSA) is 63.2 Å². The summed E-state index contributed by atoms with van der Waals surface area (Å²) in [6.07, 6.45) is -13.2. The standard InChI is InChI=1S/C25H20ClF8N3O2/c1-14(24(30,31)32)36-22(38)37-23(12-15-5-3-2-4-6-15,20-8-7-17(26)13-35-20)16-9-18(27)11-19(10-16)39-25(33,34)21(28)29/h2-11,13-14,21H,12H2,1H3,(H2,36,37,38)/t14-,23+/m1/s1. The third kappa shape index (κ3) is 7.49. The molecule has 0 bridgehead atoms. The van der Waals surface area contributed by atoms with Crippen LogP contribution >= 0.6 is 11.6 Å². The first-order valence-corrected chi connectivity index (χ1v) is 11.5. The van der Waals surface area contributed by atoms with Crippen LogP contribution in [0, 0.1) is 5.82 Å². The Kier molecular flexibility index (Phi) is 8.94. The third-order valence-electron chi connectivity index (χ3n) is 5.51. The molecule has 0 saturated heterocycles. The molecule has 14 heteroatoms. The van der Waals surface area contributed by atoms with E-state index in [1.165, 1.54) is 12.1 Å². The number of carbonyl (C=O) groups excluding carboxylic acids is 1. The molecule has 0 aliphatic carbocycles. The predicted octanol–water partition coefficient (Wildman–Crippen LogP) is 6.85. The lowest BCUT2D eigenvalue weighted by molar-refractivity contribution is -0.253. The summed E-state index contributed by atoms with van der Waals surface area (Å²) in [7, 11) is 0. The van der Waals surface area contributed by atoms with E-state index >= 15 is 0 Å². The van der Waals surface area contributed by atoms with E-state index in [-0.39, 0.29) is 22.7 Å². The van der Waals surface area contributed by atoms with Gasteiger partial charge in [-0.3, -0.25) is 4.98 Å². The van der Waals surface area contributed by atoms with E-state index in [9.17, 15) is 39.9 Å². The number of benzene rings is 2. The number of hydrogen-bond acceptors (Lipinski definition) is 3. The molecule has 2 aromatic carbocycles. The van der Waals surface area contributed by atoms with Crippen LogP contribution in [0.4, 0.5) is 39.9 Å². The van der Waals surface area contributed by atoms with E-state index in [4.69, 9.17) is 11.6 Å². The molecular weight excluding hydrogens is 562 g/mol. The number of pyridine rings is 1. The highest BCUT2D eigenvalue weighted by Crippen LogP contribution is 2.37. The normalized spacial score (nSPS) is 14.4. The summed E-state index contributed by atoms with van der Waals surface area (Å²) in [5.41, 5.74) is -2.04. The molecule has 2 amide bonds. The van der Waals surface area contributed by atoms with Gasteiger partial charge in [0, 0.05) is 18.7 Å². The van der Waals surface area contributed by atoms with Crippen molar-refractivity contribution in [1.29, 1.82) is 0 Å². The molecule has 3 rings (SSSR count). The van der Waals surface area contributed by atoms with Crippen molar-refractivity contribution in [2.75, 3.05) is 0 Å². The Hall–Kier alpha value is -3.61. The van der Waals surface area contributed by atoms with Crippen LogP contribution in [0.1, 0.15) is 23.7 Å². The van der Waals surface area contributed by atoms with Crippen LogP contribution in [0.25, 0.3) is 0 Å². The van der Waals surface area contributed by atoms with E-state index in [1.54, 1.807) is 35.6 Å². The second-order valence-corrected chi connectivity index (χ2v) is 8.87. The SMILES string of the molecule is C[C@@H](NC(=O)N[C@@](Cc1ccccc1)(c1cc(F)cc(OC(F)(F)C(F)F)c1)c1ccc(Cl)cn1)C(F)(F)F. The zero-order chi connectivity index (χ0) is 29.0. The molecule has 3 aromatic rings. The van der Waals surface area contributed by atoms with Gasteiger partial charge in [0.15, 0.2) is 0 Å². The zero-order valence-electron chi connectivity index (χ0n) is 19.9. The van der Waals surface area contributed by atoms with E-state index < -0.39 is 47.9 Å². The van der Waals surface area contributed by atoms with Gasteiger partial charge in [-0.15, -0.1) is 0 Å². The number of aromatic nitrogens is 1. The predicted molar refractivity (Wildman–Crippen MR) is 125 cm³/mol. The Labute approximate surface area is 222 Å². The van der Waals surface area contributed by atoms with Crippen molar-refractivity contribution in [2.24, 2.45) is 0 Å². The second-order valence-electron chi connectivity index (χ2n) is 8.43. The number of amides is 2. The molecule has 1 aromatic heterocycles. The number of hydrogen-bond donors (Lipinski definition) is 2. The number of urea groups is 1. The highest BCUT2D eigenvalue weighted by atomic mass is 35.5. The third-order valence-corrected chi connectivity index (χ3v) is 5.74. The quantitative estimate of drug-likeness (QED) is 0.272. The molecular formula is C25H20ClF8N3O2. The fourth-order valence-electron chi connectivity index (χ4n) is 3.63. The van der Waals surface area contributed by atoms with Gasteiger partial charge in [0.25, 0.3) is 0 Å². The van der Waals surface area contributed by atoms with Gasteiger partial charge in [0.05, 0.1) is 10.7 Å². The fraction of sp³-hybridized carbons (Fsp3) is 0.280. The Bertz CT molecular complexity index is 1280. The maximum absolute atomic E-state index is 14.7. The maximum atomic E-state index is 14.7. The molecule has 0 fully saturated rings. The van der Waals surface area contributed by atoms with E-state index in [1.807, 2.05) is 0 Å². The Morgan fingerprint density at radius 1 is 1.03 bits per heavy atom. The van der Waals surface area contributed by atoms with E-state index in [2.05, 4.69) is 15.0 Å². The largest absolute Gasteiger partial charge is 0.461 e. The zero-order valence-corrected chi connectivity index (χ0v) is 20.6. The van der Waals surface area contributed by atoms with Crippen LogP contribution in [0.5, 0.6) is 5.75 Å². The number of ether oxygens (including phenoxy) is 1. The molecule has 0 aliphatic rings. The summed E-state index contributed by atoms with van der Waals surface area (Å²) in [5.74, 6) is -2.27. The summed E-state index contributed by atoms with van der Waals surface area (Å²) in [6.45, 7) is 0.680. The number of alkyl halides is 7. The molecule has 5 nitrogen and oxygen atoms in total. The van der Waals surface area contributed by atoms with E-state index in [0.717, 1.165) is 18.3 Å². The van der Waals surface area contributed by atoms with Crippen molar-refractivity contribution in [3.8, 4) is 5.75 Å². The molecule has 0 aliphatic heterocycles. The average molecular weight is 582 g/mol. The van der Waals surface area contributed by atoms with Crippen LogP contribution in [0.3, 0.4) is 0 Å². The minimum absolute atomic E-state index is 0.0947. The number of carbonyl (C=O) groups is 1. The van der Waals surface area contributed by atoms with Crippen LogP contribution in [-0.4, -0.2) is 35.8 Å². The highest BCUT2D eigenvalue weighted by Gasteiger charge is 2.45. The Morgan fingerprint density at radius 2 is 1.69 bits per heavy atom. The van der Waals surface area contributed by atoms with Gasteiger partial charge < -0.3 is 15.4 Å². The Balaban J connectivity index is 2.23. The molecule has 0 unspecified atom stereocenters. The summed E-state index contributed by atoms with van der Waals surface area (Å²) >= 11 is 5.92. The van der Waals surface area contributed by atoms with Crippen molar-refractivity contribution in [3.63, 3.8) is 0 Å². The van der Waals surface area contributed by atoms with Crippen molar-refractivity contribution in [2.45, 2.75) is 43.6 Å². The lowest BCUT2D eigenvalue weighted by Crippen LogP contribution is -2.56. The van der Waals surface area contributed by atoms with Crippen molar-refractivity contribution in [1.82, 2.24) is 15.6 Å². The van der Waals surface area contributed by atoms with Crippen molar-refractivity contribution in [3.05, 3.63) is 94.5 Å². The number of halogens is 9. The molecule has 0 spiro atoms.